The van der Waals surface area contributed by atoms with Gasteiger partial charge in [-0.25, -0.2) is 8.42 Å². The van der Waals surface area contributed by atoms with Gasteiger partial charge in [0.1, 0.15) is 5.75 Å². The van der Waals surface area contributed by atoms with E-state index in [0.29, 0.717) is 6.54 Å². The summed E-state index contributed by atoms with van der Waals surface area (Å²) < 4.78 is 24.8. The smallest absolute Gasteiger partial charge is 0.153 e. The molecule has 2 saturated heterocycles. The molecule has 0 radical (unpaired) electrons. The average molecular weight is 387 g/mol. The van der Waals surface area contributed by atoms with Crippen LogP contribution in [0.15, 0.2) is 54.6 Å². The van der Waals surface area contributed by atoms with Crippen LogP contribution >= 0.6 is 0 Å². The van der Waals surface area contributed by atoms with Gasteiger partial charge < -0.3 is 5.11 Å². The van der Waals surface area contributed by atoms with Crippen LogP contribution in [0.25, 0.3) is 0 Å². The van der Waals surface area contributed by atoms with Crippen molar-refractivity contribution in [1.82, 2.24) is 9.80 Å². The van der Waals surface area contributed by atoms with E-state index in [0.717, 1.165) is 31.6 Å². The minimum Gasteiger partial charge on any atom is -0.508 e. The van der Waals surface area contributed by atoms with Crippen LogP contribution in [0, 0.1) is 0 Å². The molecule has 0 saturated carbocycles. The first-order valence-electron chi connectivity index (χ1n) is 9.50. The second-order valence-electron chi connectivity index (χ2n) is 7.62. The van der Waals surface area contributed by atoms with Crippen molar-refractivity contribution in [3.8, 4) is 5.75 Å². The third-order valence-electron chi connectivity index (χ3n) is 5.73. The van der Waals surface area contributed by atoms with Crippen LogP contribution in [0.5, 0.6) is 5.75 Å². The second kappa shape index (κ2) is 7.62. The Hall–Kier alpha value is -1.89. The minimum absolute atomic E-state index is 0.0295. The fraction of sp³-hybridized carbons (Fsp3) is 0.429. The predicted octanol–water partition coefficient (Wildman–Crippen LogP) is 1.92. The van der Waals surface area contributed by atoms with Gasteiger partial charge >= 0.3 is 0 Å². The van der Waals surface area contributed by atoms with Crippen molar-refractivity contribution >= 4 is 9.84 Å². The molecular weight excluding hydrogens is 360 g/mol. The maximum atomic E-state index is 12.4. The maximum Gasteiger partial charge on any atom is 0.153 e. The number of phenolic OH excluding ortho intramolecular Hbond substituents is 1. The van der Waals surface area contributed by atoms with E-state index in [1.165, 1.54) is 5.56 Å². The fourth-order valence-corrected chi connectivity index (χ4v) is 6.42. The average Bonchev–Trinajstić information content (AvgIpc) is 2.98. The molecule has 2 aromatic rings. The van der Waals surface area contributed by atoms with Gasteiger partial charge in [-0.3, -0.25) is 9.80 Å². The monoisotopic (exact) mass is 386 g/mol. The minimum atomic E-state index is -3.01. The molecule has 0 aromatic heterocycles. The lowest BCUT2D eigenvalue weighted by molar-refractivity contribution is 0.0411. The standard InChI is InChI=1S/C21H26N2O3S/c24-19-8-4-7-18(13-19)14-23-12-11-22(10-9-17-5-2-1-3-6-17)20-15-27(25,26)16-21(20)23/h1-8,13,20-21,24H,9-12,14-16H2/t20-,21+/m1/s1. The van der Waals surface area contributed by atoms with Gasteiger partial charge in [-0.2, -0.15) is 0 Å². The Balaban J connectivity index is 1.47. The maximum absolute atomic E-state index is 12.4. The number of fused-ring (bicyclic) bond motifs is 1. The van der Waals surface area contributed by atoms with E-state index < -0.39 is 9.84 Å². The Bertz CT molecular complexity index is 885. The highest BCUT2D eigenvalue weighted by atomic mass is 32.2. The van der Waals surface area contributed by atoms with Gasteiger partial charge in [0.25, 0.3) is 0 Å². The molecule has 2 aliphatic rings. The second-order valence-corrected chi connectivity index (χ2v) is 9.78. The molecule has 4 rings (SSSR count). The summed E-state index contributed by atoms with van der Waals surface area (Å²) in [6, 6.07) is 17.7. The summed E-state index contributed by atoms with van der Waals surface area (Å²) >= 11 is 0. The van der Waals surface area contributed by atoms with Gasteiger partial charge in [0.05, 0.1) is 11.5 Å². The van der Waals surface area contributed by atoms with Crippen molar-refractivity contribution in [2.75, 3.05) is 31.1 Å². The molecule has 1 N–H and O–H groups in total. The third kappa shape index (κ3) is 4.34. The highest BCUT2D eigenvalue weighted by Crippen LogP contribution is 2.28. The van der Waals surface area contributed by atoms with Gasteiger partial charge in [-0.05, 0) is 29.7 Å². The van der Waals surface area contributed by atoms with Crippen LogP contribution in [-0.4, -0.2) is 66.5 Å². The highest BCUT2D eigenvalue weighted by molar-refractivity contribution is 7.91. The summed E-state index contributed by atoms with van der Waals surface area (Å²) in [6.45, 7) is 3.29. The number of hydrogen-bond donors (Lipinski definition) is 1. The zero-order valence-electron chi connectivity index (χ0n) is 15.4. The first-order valence-corrected chi connectivity index (χ1v) is 11.3. The zero-order valence-corrected chi connectivity index (χ0v) is 16.2. The summed E-state index contributed by atoms with van der Waals surface area (Å²) in [5.74, 6) is 0.742. The largest absolute Gasteiger partial charge is 0.508 e. The van der Waals surface area contributed by atoms with Gasteiger partial charge in [-0.1, -0.05) is 42.5 Å². The van der Waals surface area contributed by atoms with Crippen LogP contribution in [0.3, 0.4) is 0 Å². The molecular formula is C21H26N2O3S. The van der Waals surface area contributed by atoms with Crippen LogP contribution in [0.4, 0.5) is 0 Å². The third-order valence-corrected chi connectivity index (χ3v) is 7.43. The van der Waals surface area contributed by atoms with Crippen molar-refractivity contribution in [1.29, 1.82) is 0 Å². The molecule has 27 heavy (non-hydrogen) atoms. The predicted molar refractivity (Wildman–Crippen MR) is 106 cm³/mol. The first kappa shape index (κ1) is 18.5. The van der Waals surface area contributed by atoms with Crippen LogP contribution in [-0.2, 0) is 22.8 Å². The molecule has 0 bridgehead atoms. The Morgan fingerprint density at radius 3 is 2.30 bits per heavy atom. The molecule has 0 spiro atoms. The quantitative estimate of drug-likeness (QED) is 0.851. The van der Waals surface area contributed by atoms with E-state index in [-0.39, 0.29) is 29.3 Å². The molecule has 2 heterocycles. The van der Waals surface area contributed by atoms with Crippen molar-refractivity contribution in [3.05, 3.63) is 65.7 Å². The number of rotatable bonds is 5. The molecule has 2 aromatic carbocycles. The number of hydrogen-bond acceptors (Lipinski definition) is 5. The van der Waals surface area contributed by atoms with Crippen LogP contribution < -0.4 is 0 Å². The fourth-order valence-electron chi connectivity index (χ4n) is 4.38. The summed E-state index contributed by atoms with van der Waals surface area (Å²) in [5.41, 5.74) is 2.31. The zero-order chi connectivity index (χ0) is 18.9. The molecule has 5 nitrogen and oxygen atoms in total. The molecule has 0 unspecified atom stereocenters. The topological polar surface area (TPSA) is 60.9 Å². The van der Waals surface area contributed by atoms with Crippen molar-refractivity contribution in [2.45, 2.75) is 25.0 Å². The molecule has 2 aliphatic heterocycles. The first-order chi connectivity index (χ1) is 13.0. The SMILES string of the molecule is O=S1(=O)C[C@@H]2[C@H](C1)N(Cc1cccc(O)c1)CCN2CCc1ccccc1. The van der Waals surface area contributed by atoms with Gasteiger partial charge in [0, 0.05) is 38.3 Å². The van der Waals surface area contributed by atoms with E-state index in [2.05, 4.69) is 21.9 Å². The Labute approximate surface area is 161 Å². The van der Waals surface area contributed by atoms with E-state index >= 15 is 0 Å². The number of sulfone groups is 1. The number of aromatic hydroxyl groups is 1. The molecule has 2 fully saturated rings. The van der Waals surface area contributed by atoms with Gasteiger partial charge in [0.15, 0.2) is 9.84 Å². The van der Waals surface area contributed by atoms with Crippen molar-refractivity contribution < 1.29 is 13.5 Å². The van der Waals surface area contributed by atoms with Gasteiger partial charge in [0.2, 0.25) is 0 Å². The van der Waals surface area contributed by atoms with E-state index in [4.69, 9.17) is 0 Å². The van der Waals surface area contributed by atoms with Crippen LogP contribution in [0.2, 0.25) is 0 Å². The van der Waals surface area contributed by atoms with Crippen LogP contribution in [0.1, 0.15) is 11.1 Å². The molecule has 0 aliphatic carbocycles. The molecule has 144 valence electrons. The summed E-state index contributed by atoms with van der Waals surface area (Å²) in [6.07, 6.45) is 0.941. The normalized spacial score (nSPS) is 25.3. The van der Waals surface area contributed by atoms with Crippen molar-refractivity contribution in [3.63, 3.8) is 0 Å². The van der Waals surface area contributed by atoms with Gasteiger partial charge in [-0.15, -0.1) is 0 Å². The molecule has 6 heteroatoms. The number of nitrogens with zero attached hydrogens (tertiary/aromatic N) is 2. The lowest BCUT2D eigenvalue weighted by atomic mass is 10.0. The lowest BCUT2D eigenvalue weighted by Crippen LogP contribution is -2.58. The van der Waals surface area contributed by atoms with E-state index in [1.807, 2.05) is 30.3 Å². The Morgan fingerprint density at radius 2 is 1.56 bits per heavy atom. The van der Waals surface area contributed by atoms with Crippen molar-refractivity contribution in [2.24, 2.45) is 0 Å². The summed E-state index contributed by atoms with van der Waals surface area (Å²) in [5, 5.41) is 9.71. The molecule has 0 amide bonds. The van der Waals surface area contributed by atoms with E-state index in [9.17, 15) is 13.5 Å². The highest BCUT2D eigenvalue weighted by Gasteiger charge is 2.46. The Morgan fingerprint density at radius 1 is 0.889 bits per heavy atom. The number of phenols is 1. The van der Waals surface area contributed by atoms with E-state index in [1.54, 1.807) is 12.1 Å². The summed E-state index contributed by atoms with van der Waals surface area (Å²) in [4.78, 5) is 4.64. The lowest BCUT2D eigenvalue weighted by Gasteiger charge is -2.44. The number of benzene rings is 2. The molecule has 2 atom stereocenters. The Kier molecular flexibility index (Phi) is 5.21. The number of piperazine rings is 1. The summed E-state index contributed by atoms with van der Waals surface area (Å²) in [7, 11) is -3.01.